The van der Waals surface area contributed by atoms with E-state index in [1.54, 1.807) is 0 Å². The van der Waals surface area contributed by atoms with Crippen LogP contribution in [0.15, 0.2) is 24.5 Å². The molecule has 1 spiro atoms. The SMILES string of the molecule is CCNC(c1cccnc1)C1CCOC2(CCSCC2)C1. The van der Waals surface area contributed by atoms with Gasteiger partial charge in [-0.1, -0.05) is 13.0 Å². The molecule has 4 heteroatoms. The molecule has 2 fully saturated rings. The largest absolute Gasteiger partial charge is 0.375 e. The monoisotopic (exact) mass is 306 g/mol. The van der Waals surface area contributed by atoms with E-state index in [1.807, 2.05) is 18.5 Å². The van der Waals surface area contributed by atoms with Gasteiger partial charge < -0.3 is 10.1 Å². The highest BCUT2D eigenvalue weighted by Gasteiger charge is 2.41. The van der Waals surface area contributed by atoms with Crippen molar-refractivity contribution in [2.45, 2.75) is 44.2 Å². The number of hydrogen-bond acceptors (Lipinski definition) is 4. The fraction of sp³-hybridized carbons (Fsp3) is 0.706. The van der Waals surface area contributed by atoms with E-state index in [2.05, 4.69) is 35.1 Å². The van der Waals surface area contributed by atoms with Crippen LogP contribution in [0.3, 0.4) is 0 Å². The van der Waals surface area contributed by atoms with Gasteiger partial charge in [0.1, 0.15) is 0 Å². The number of ether oxygens (including phenoxy) is 1. The number of hydrogen-bond donors (Lipinski definition) is 1. The molecular weight excluding hydrogens is 280 g/mol. The van der Waals surface area contributed by atoms with E-state index < -0.39 is 0 Å². The van der Waals surface area contributed by atoms with Crippen LogP contribution in [0.5, 0.6) is 0 Å². The number of rotatable bonds is 4. The van der Waals surface area contributed by atoms with E-state index in [0.717, 1.165) is 19.6 Å². The van der Waals surface area contributed by atoms with Crippen molar-refractivity contribution in [1.29, 1.82) is 0 Å². The molecule has 1 aromatic heterocycles. The van der Waals surface area contributed by atoms with E-state index in [-0.39, 0.29) is 5.60 Å². The molecule has 0 bridgehead atoms. The summed E-state index contributed by atoms with van der Waals surface area (Å²) >= 11 is 2.07. The summed E-state index contributed by atoms with van der Waals surface area (Å²) < 4.78 is 6.24. The lowest BCUT2D eigenvalue weighted by Gasteiger charge is -2.45. The van der Waals surface area contributed by atoms with Gasteiger partial charge in [-0.2, -0.15) is 11.8 Å². The quantitative estimate of drug-likeness (QED) is 0.924. The third-order valence-electron chi connectivity index (χ3n) is 4.87. The zero-order chi connectivity index (χ0) is 14.5. The maximum Gasteiger partial charge on any atom is 0.0701 e. The van der Waals surface area contributed by atoms with Gasteiger partial charge in [0.25, 0.3) is 0 Å². The van der Waals surface area contributed by atoms with Gasteiger partial charge in [-0.25, -0.2) is 0 Å². The minimum atomic E-state index is 0.157. The molecule has 2 aliphatic rings. The lowest BCUT2D eigenvalue weighted by molar-refractivity contribution is -0.107. The summed E-state index contributed by atoms with van der Waals surface area (Å²) in [6.07, 6.45) is 8.67. The first-order chi connectivity index (χ1) is 10.3. The molecule has 3 nitrogen and oxygen atoms in total. The van der Waals surface area contributed by atoms with E-state index in [4.69, 9.17) is 4.74 Å². The van der Waals surface area contributed by atoms with Gasteiger partial charge in [0.15, 0.2) is 0 Å². The molecule has 1 aromatic rings. The molecule has 3 heterocycles. The molecule has 3 rings (SSSR count). The van der Waals surface area contributed by atoms with Crippen LogP contribution in [0.1, 0.15) is 44.2 Å². The molecule has 2 saturated heterocycles. The van der Waals surface area contributed by atoms with E-state index in [1.165, 1.54) is 36.3 Å². The van der Waals surface area contributed by atoms with Crippen LogP contribution >= 0.6 is 11.8 Å². The number of thioether (sulfide) groups is 1. The molecule has 0 aromatic carbocycles. The van der Waals surface area contributed by atoms with Crippen LogP contribution in [0.25, 0.3) is 0 Å². The molecular formula is C17H26N2OS. The van der Waals surface area contributed by atoms with Crippen LogP contribution in [-0.4, -0.2) is 35.2 Å². The number of nitrogens with zero attached hydrogens (tertiary/aromatic N) is 1. The molecule has 0 saturated carbocycles. The van der Waals surface area contributed by atoms with Gasteiger partial charge in [-0.05, 0) is 61.3 Å². The van der Waals surface area contributed by atoms with Crippen LogP contribution in [0, 0.1) is 5.92 Å². The van der Waals surface area contributed by atoms with E-state index >= 15 is 0 Å². The van der Waals surface area contributed by atoms with Crippen molar-refractivity contribution in [2.24, 2.45) is 5.92 Å². The highest BCUT2D eigenvalue weighted by Crippen LogP contribution is 2.43. The Bertz CT molecular complexity index is 428. The summed E-state index contributed by atoms with van der Waals surface area (Å²) in [7, 11) is 0. The average molecular weight is 306 g/mol. The maximum atomic E-state index is 6.24. The second-order valence-electron chi connectivity index (χ2n) is 6.22. The predicted molar refractivity (Wildman–Crippen MR) is 88.6 cm³/mol. The normalized spacial score (nSPS) is 26.6. The Labute approximate surface area is 132 Å². The van der Waals surface area contributed by atoms with Gasteiger partial charge in [0.2, 0.25) is 0 Å². The standard InChI is InChI=1S/C17H26N2OS/c1-2-19-16(15-4-3-8-18-13-15)14-5-9-20-17(12-14)6-10-21-11-7-17/h3-4,8,13-14,16,19H,2,5-7,9-12H2,1H3. The van der Waals surface area contributed by atoms with Crippen LogP contribution in [0.2, 0.25) is 0 Å². The van der Waals surface area contributed by atoms with Gasteiger partial charge in [-0.15, -0.1) is 0 Å². The predicted octanol–water partition coefficient (Wildman–Crippen LogP) is 3.42. The number of aromatic nitrogens is 1. The lowest BCUT2D eigenvalue weighted by atomic mass is 9.77. The number of nitrogens with one attached hydrogen (secondary N) is 1. The van der Waals surface area contributed by atoms with Crippen LogP contribution in [0.4, 0.5) is 0 Å². The Morgan fingerprint density at radius 2 is 2.33 bits per heavy atom. The summed E-state index contributed by atoms with van der Waals surface area (Å²) in [6, 6.07) is 4.67. The molecule has 2 atom stereocenters. The van der Waals surface area contributed by atoms with Gasteiger partial charge in [0.05, 0.1) is 5.60 Å². The third-order valence-corrected chi connectivity index (χ3v) is 5.86. The summed E-state index contributed by atoms with van der Waals surface area (Å²) in [5.74, 6) is 3.17. The average Bonchev–Trinajstić information content (AvgIpc) is 2.54. The highest BCUT2D eigenvalue weighted by atomic mass is 32.2. The maximum absolute atomic E-state index is 6.24. The minimum absolute atomic E-state index is 0.157. The minimum Gasteiger partial charge on any atom is -0.375 e. The molecule has 2 aliphatic heterocycles. The first-order valence-corrected chi connectivity index (χ1v) is 9.33. The molecule has 0 amide bonds. The Balaban J connectivity index is 1.76. The second kappa shape index (κ2) is 7.12. The van der Waals surface area contributed by atoms with Gasteiger partial charge in [-0.3, -0.25) is 4.98 Å². The topological polar surface area (TPSA) is 34.2 Å². The summed E-state index contributed by atoms with van der Waals surface area (Å²) in [5.41, 5.74) is 1.48. The van der Waals surface area contributed by atoms with Crippen LogP contribution in [-0.2, 0) is 4.74 Å². The van der Waals surface area contributed by atoms with Gasteiger partial charge >= 0.3 is 0 Å². The van der Waals surface area contributed by atoms with Crippen molar-refractivity contribution in [2.75, 3.05) is 24.7 Å². The lowest BCUT2D eigenvalue weighted by Crippen LogP contribution is -2.45. The Kier molecular flexibility index (Phi) is 5.19. The summed E-state index contributed by atoms with van der Waals surface area (Å²) in [5, 5.41) is 3.69. The summed E-state index contributed by atoms with van der Waals surface area (Å²) in [6.45, 7) is 4.10. The van der Waals surface area contributed by atoms with E-state index in [9.17, 15) is 0 Å². The number of pyridine rings is 1. The van der Waals surface area contributed by atoms with Crippen molar-refractivity contribution < 1.29 is 4.74 Å². The zero-order valence-corrected chi connectivity index (χ0v) is 13.7. The fourth-order valence-electron chi connectivity index (χ4n) is 3.78. The van der Waals surface area contributed by atoms with Crippen molar-refractivity contribution in [1.82, 2.24) is 10.3 Å². The summed E-state index contributed by atoms with van der Waals surface area (Å²) in [4.78, 5) is 4.31. The first-order valence-electron chi connectivity index (χ1n) is 8.18. The first kappa shape index (κ1) is 15.3. The van der Waals surface area contributed by atoms with Crippen molar-refractivity contribution in [3.8, 4) is 0 Å². The Morgan fingerprint density at radius 3 is 3.05 bits per heavy atom. The fourth-order valence-corrected chi connectivity index (χ4v) is 5.02. The van der Waals surface area contributed by atoms with Crippen molar-refractivity contribution >= 4 is 11.8 Å². The zero-order valence-electron chi connectivity index (χ0n) is 12.9. The molecule has 2 unspecified atom stereocenters. The van der Waals surface area contributed by atoms with Gasteiger partial charge in [0, 0.05) is 25.0 Å². The highest BCUT2D eigenvalue weighted by molar-refractivity contribution is 7.99. The Morgan fingerprint density at radius 1 is 1.48 bits per heavy atom. The molecule has 116 valence electrons. The van der Waals surface area contributed by atoms with E-state index in [0.29, 0.717) is 12.0 Å². The Hall–Kier alpha value is -0.580. The second-order valence-corrected chi connectivity index (χ2v) is 7.44. The molecule has 0 aliphatic carbocycles. The van der Waals surface area contributed by atoms with Crippen molar-refractivity contribution in [3.63, 3.8) is 0 Å². The molecule has 1 N–H and O–H groups in total. The van der Waals surface area contributed by atoms with Crippen molar-refractivity contribution in [3.05, 3.63) is 30.1 Å². The molecule has 0 radical (unpaired) electrons. The third kappa shape index (κ3) is 3.61. The smallest absolute Gasteiger partial charge is 0.0701 e. The molecule has 21 heavy (non-hydrogen) atoms. The van der Waals surface area contributed by atoms with Crippen LogP contribution < -0.4 is 5.32 Å².